The molecular weight excluding hydrogens is 305 g/mol. The molecule has 1 heterocycles. The van der Waals surface area contributed by atoms with Gasteiger partial charge in [0.15, 0.2) is 0 Å². The van der Waals surface area contributed by atoms with Crippen molar-refractivity contribution < 1.29 is 9.18 Å². The lowest BCUT2D eigenvalue weighted by Crippen LogP contribution is -2.24. The summed E-state index contributed by atoms with van der Waals surface area (Å²) in [5.41, 5.74) is 3.36. The second-order valence-corrected chi connectivity index (χ2v) is 6.11. The van der Waals surface area contributed by atoms with Crippen LogP contribution >= 0.6 is 0 Å². The summed E-state index contributed by atoms with van der Waals surface area (Å²) in [4.78, 5) is 16.4. The molecule has 0 aliphatic carbocycles. The van der Waals surface area contributed by atoms with Gasteiger partial charge in [-0.1, -0.05) is 24.3 Å². The van der Waals surface area contributed by atoms with Crippen molar-refractivity contribution in [3.05, 3.63) is 65.7 Å². The minimum atomic E-state index is -0.353. The Labute approximate surface area is 140 Å². The van der Waals surface area contributed by atoms with E-state index in [-0.39, 0.29) is 18.1 Å². The number of nitrogens with zero attached hydrogens (tertiary/aromatic N) is 2. The molecule has 3 aromatic rings. The maximum atomic E-state index is 13.6. The van der Waals surface area contributed by atoms with Gasteiger partial charge in [0.2, 0.25) is 5.91 Å². The van der Waals surface area contributed by atoms with Gasteiger partial charge in [-0.25, -0.2) is 9.37 Å². The molecule has 0 aliphatic rings. The molecule has 0 saturated carbocycles. The van der Waals surface area contributed by atoms with Crippen LogP contribution in [-0.2, 0) is 17.8 Å². The highest BCUT2D eigenvalue weighted by Crippen LogP contribution is 2.18. The second-order valence-electron chi connectivity index (χ2n) is 6.11. The fourth-order valence-corrected chi connectivity index (χ4v) is 2.68. The van der Waals surface area contributed by atoms with Crippen molar-refractivity contribution in [3.63, 3.8) is 0 Å². The maximum absolute atomic E-state index is 13.6. The second kappa shape index (κ2) is 6.83. The normalized spacial score (nSPS) is 11.2. The van der Waals surface area contributed by atoms with Crippen LogP contribution in [0.3, 0.4) is 0 Å². The van der Waals surface area contributed by atoms with Gasteiger partial charge in [0.25, 0.3) is 0 Å². The van der Waals surface area contributed by atoms with E-state index in [1.165, 1.54) is 6.07 Å². The predicted octanol–water partition coefficient (Wildman–Crippen LogP) is 3.62. The van der Waals surface area contributed by atoms with Crippen LogP contribution in [0, 0.1) is 5.82 Å². The third-order valence-electron chi connectivity index (χ3n) is 3.99. The first-order valence-corrected chi connectivity index (χ1v) is 8.00. The number of carbonyl (C=O) groups is 1. The van der Waals surface area contributed by atoms with E-state index in [1.807, 2.05) is 24.5 Å². The molecule has 0 radical (unpaired) electrons. The van der Waals surface area contributed by atoms with E-state index in [4.69, 9.17) is 0 Å². The van der Waals surface area contributed by atoms with Crippen LogP contribution in [0.5, 0.6) is 0 Å². The fourth-order valence-electron chi connectivity index (χ4n) is 2.68. The van der Waals surface area contributed by atoms with E-state index in [9.17, 15) is 9.18 Å². The van der Waals surface area contributed by atoms with Crippen LogP contribution in [-0.4, -0.2) is 15.5 Å². The molecule has 4 nitrogen and oxygen atoms in total. The number of hydrogen-bond donors (Lipinski definition) is 1. The zero-order chi connectivity index (χ0) is 17.1. The Morgan fingerprint density at radius 2 is 2.04 bits per heavy atom. The Morgan fingerprint density at radius 1 is 1.25 bits per heavy atom. The van der Waals surface area contributed by atoms with Crippen molar-refractivity contribution in [2.24, 2.45) is 0 Å². The summed E-state index contributed by atoms with van der Waals surface area (Å²) in [5, 5.41) is 2.83. The standard InChI is InChI=1S/C19H20FN3O/c1-13(2)23-12-22-17-9-14(7-8-18(17)23)11-21-19(24)10-15-5-3-4-6-16(15)20/h3-9,12-13H,10-11H2,1-2H3,(H,21,24). The lowest BCUT2D eigenvalue weighted by atomic mass is 10.1. The van der Waals surface area contributed by atoms with Crippen molar-refractivity contribution >= 4 is 16.9 Å². The number of carbonyl (C=O) groups excluding carboxylic acids is 1. The molecule has 0 aliphatic heterocycles. The summed E-state index contributed by atoms with van der Waals surface area (Å²) in [6, 6.07) is 12.6. The molecule has 3 rings (SSSR count). The van der Waals surface area contributed by atoms with E-state index >= 15 is 0 Å². The quantitative estimate of drug-likeness (QED) is 0.779. The average Bonchev–Trinajstić information content (AvgIpc) is 2.98. The Bertz CT molecular complexity index is 870. The van der Waals surface area contributed by atoms with Gasteiger partial charge in [-0.15, -0.1) is 0 Å². The number of rotatable bonds is 5. The van der Waals surface area contributed by atoms with Gasteiger partial charge >= 0.3 is 0 Å². The summed E-state index contributed by atoms with van der Waals surface area (Å²) in [6.45, 7) is 4.62. The zero-order valence-corrected chi connectivity index (χ0v) is 13.8. The molecule has 0 bridgehead atoms. The fraction of sp³-hybridized carbons (Fsp3) is 0.263. The molecule has 124 valence electrons. The van der Waals surface area contributed by atoms with Gasteiger partial charge in [-0.05, 0) is 43.2 Å². The molecular formula is C19H20FN3O. The summed E-state index contributed by atoms with van der Waals surface area (Å²) < 4.78 is 15.7. The van der Waals surface area contributed by atoms with Gasteiger partial charge in [-0.2, -0.15) is 0 Å². The number of imidazole rings is 1. The van der Waals surface area contributed by atoms with Crippen LogP contribution in [0.4, 0.5) is 4.39 Å². The summed E-state index contributed by atoms with van der Waals surface area (Å²) >= 11 is 0. The van der Waals surface area contributed by atoms with Crippen molar-refractivity contribution in [1.29, 1.82) is 0 Å². The smallest absolute Gasteiger partial charge is 0.224 e. The number of halogens is 1. The monoisotopic (exact) mass is 325 g/mol. The highest BCUT2D eigenvalue weighted by molar-refractivity contribution is 5.79. The molecule has 0 fully saturated rings. The number of benzene rings is 2. The highest BCUT2D eigenvalue weighted by Gasteiger charge is 2.09. The molecule has 1 N–H and O–H groups in total. The maximum Gasteiger partial charge on any atom is 0.224 e. The average molecular weight is 325 g/mol. The van der Waals surface area contributed by atoms with E-state index < -0.39 is 0 Å². The number of amides is 1. The van der Waals surface area contributed by atoms with Crippen LogP contribution < -0.4 is 5.32 Å². The largest absolute Gasteiger partial charge is 0.352 e. The van der Waals surface area contributed by atoms with Gasteiger partial charge in [0, 0.05) is 12.6 Å². The summed E-state index contributed by atoms with van der Waals surface area (Å²) in [7, 11) is 0. The minimum absolute atomic E-state index is 0.0386. The first-order chi connectivity index (χ1) is 11.5. The Hall–Kier alpha value is -2.69. The van der Waals surface area contributed by atoms with Gasteiger partial charge in [-0.3, -0.25) is 4.79 Å². The van der Waals surface area contributed by atoms with Crippen LogP contribution in [0.15, 0.2) is 48.8 Å². The number of nitrogens with one attached hydrogen (secondary N) is 1. The number of fused-ring (bicyclic) bond motifs is 1. The summed E-state index contributed by atoms with van der Waals surface area (Å²) in [5.74, 6) is -0.554. The molecule has 0 atom stereocenters. The summed E-state index contributed by atoms with van der Waals surface area (Å²) in [6.07, 6.45) is 1.87. The molecule has 0 unspecified atom stereocenters. The number of hydrogen-bond acceptors (Lipinski definition) is 2. The van der Waals surface area contributed by atoms with Crippen molar-refractivity contribution in [1.82, 2.24) is 14.9 Å². The lowest BCUT2D eigenvalue weighted by molar-refractivity contribution is -0.120. The predicted molar refractivity (Wildman–Crippen MR) is 92.1 cm³/mol. The molecule has 0 saturated heterocycles. The molecule has 1 amide bonds. The third kappa shape index (κ3) is 3.45. The van der Waals surface area contributed by atoms with Gasteiger partial charge in [0.1, 0.15) is 5.82 Å². The Balaban J connectivity index is 1.65. The van der Waals surface area contributed by atoms with Crippen LogP contribution in [0.2, 0.25) is 0 Å². The molecule has 2 aromatic carbocycles. The van der Waals surface area contributed by atoms with Crippen molar-refractivity contribution in [3.8, 4) is 0 Å². The van der Waals surface area contributed by atoms with Crippen molar-refractivity contribution in [2.45, 2.75) is 32.9 Å². The topological polar surface area (TPSA) is 46.9 Å². The van der Waals surface area contributed by atoms with Gasteiger partial charge in [0.05, 0.1) is 23.8 Å². The van der Waals surface area contributed by atoms with Crippen molar-refractivity contribution in [2.75, 3.05) is 0 Å². The molecule has 5 heteroatoms. The zero-order valence-electron chi connectivity index (χ0n) is 13.8. The first kappa shape index (κ1) is 16.2. The van der Waals surface area contributed by atoms with Crippen LogP contribution in [0.25, 0.3) is 11.0 Å². The Morgan fingerprint density at radius 3 is 2.79 bits per heavy atom. The first-order valence-electron chi connectivity index (χ1n) is 8.00. The van der Waals surface area contributed by atoms with E-state index in [0.717, 1.165) is 16.6 Å². The van der Waals surface area contributed by atoms with Gasteiger partial charge < -0.3 is 9.88 Å². The van der Waals surface area contributed by atoms with E-state index in [1.54, 1.807) is 18.2 Å². The SMILES string of the molecule is CC(C)n1cnc2cc(CNC(=O)Cc3ccccc3F)ccc21. The molecule has 24 heavy (non-hydrogen) atoms. The highest BCUT2D eigenvalue weighted by atomic mass is 19.1. The third-order valence-corrected chi connectivity index (χ3v) is 3.99. The molecule has 1 aromatic heterocycles. The minimum Gasteiger partial charge on any atom is -0.352 e. The van der Waals surface area contributed by atoms with E-state index in [2.05, 4.69) is 28.7 Å². The van der Waals surface area contributed by atoms with Crippen LogP contribution in [0.1, 0.15) is 31.0 Å². The van der Waals surface area contributed by atoms with E-state index in [0.29, 0.717) is 18.2 Å². The molecule has 0 spiro atoms. The lowest BCUT2D eigenvalue weighted by Gasteiger charge is -2.09. The Kier molecular flexibility index (Phi) is 4.60. The number of aromatic nitrogens is 2.